The molecule has 116 valence electrons. The molecule has 0 amide bonds. The highest BCUT2D eigenvalue weighted by Gasteiger charge is 2.41. The van der Waals surface area contributed by atoms with Crippen LogP contribution in [0.2, 0.25) is 0 Å². The number of likely N-dealkylation sites (tertiary alicyclic amines) is 1. The van der Waals surface area contributed by atoms with Gasteiger partial charge in [-0.25, -0.2) is 0 Å². The molecule has 2 N–H and O–H groups in total. The molecule has 0 radical (unpaired) electrons. The minimum atomic E-state index is -0.805. The first-order chi connectivity index (χ1) is 9.48. The summed E-state index contributed by atoms with van der Waals surface area (Å²) in [5.41, 5.74) is -0.805. The summed E-state index contributed by atoms with van der Waals surface area (Å²) in [6.07, 6.45) is 7.39. The van der Waals surface area contributed by atoms with E-state index in [1.54, 1.807) is 0 Å². The molecule has 2 rings (SSSR count). The van der Waals surface area contributed by atoms with E-state index in [1.807, 2.05) is 13.8 Å². The second-order valence-electron chi connectivity index (χ2n) is 6.86. The number of hydrogen-bond acceptors (Lipinski definition) is 3. The van der Waals surface area contributed by atoms with Crippen LogP contribution in [0, 0.1) is 5.92 Å². The lowest BCUT2D eigenvalue weighted by atomic mass is 9.84. The SMILES string of the molecule is CCNC(C)(CC(C)N1CCC2CCCCC21)C(=O)O. The molecule has 0 aromatic heterocycles. The molecule has 1 saturated carbocycles. The third-order valence-corrected chi connectivity index (χ3v) is 5.36. The fourth-order valence-corrected chi connectivity index (χ4v) is 4.32. The molecule has 4 nitrogen and oxygen atoms in total. The van der Waals surface area contributed by atoms with Gasteiger partial charge in [-0.15, -0.1) is 0 Å². The van der Waals surface area contributed by atoms with Gasteiger partial charge in [-0.1, -0.05) is 19.8 Å². The molecule has 1 aliphatic heterocycles. The largest absolute Gasteiger partial charge is 0.480 e. The van der Waals surface area contributed by atoms with Crippen LogP contribution < -0.4 is 5.32 Å². The lowest BCUT2D eigenvalue weighted by molar-refractivity contribution is -0.145. The standard InChI is InChI=1S/C16H30N2O2/c1-4-17-16(3,15(19)20)11-12(2)18-10-9-13-7-5-6-8-14(13)18/h12-14,17H,4-11H2,1-3H3,(H,19,20). The quantitative estimate of drug-likeness (QED) is 0.786. The van der Waals surface area contributed by atoms with Gasteiger partial charge in [0.15, 0.2) is 0 Å². The summed E-state index contributed by atoms with van der Waals surface area (Å²) in [6, 6.07) is 1.04. The number of carbonyl (C=O) groups is 1. The van der Waals surface area contributed by atoms with Gasteiger partial charge in [-0.2, -0.15) is 0 Å². The van der Waals surface area contributed by atoms with E-state index in [0.29, 0.717) is 25.0 Å². The average molecular weight is 282 g/mol. The Hall–Kier alpha value is -0.610. The molecule has 2 aliphatic rings. The van der Waals surface area contributed by atoms with E-state index in [2.05, 4.69) is 17.1 Å². The van der Waals surface area contributed by atoms with Gasteiger partial charge in [-0.05, 0) is 58.5 Å². The van der Waals surface area contributed by atoms with Crippen molar-refractivity contribution in [1.29, 1.82) is 0 Å². The summed E-state index contributed by atoms with van der Waals surface area (Å²) in [4.78, 5) is 14.1. The number of carboxylic acid groups (broad SMARTS) is 1. The van der Waals surface area contributed by atoms with E-state index in [1.165, 1.54) is 32.1 Å². The number of fused-ring (bicyclic) bond motifs is 1. The topological polar surface area (TPSA) is 52.6 Å². The molecule has 0 spiro atoms. The number of nitrogens with zero attached hydrogens (tertiary/aromatic N) is 1. The van der Waals surface area contributed by atoms with Gasteiger partial charge in [0.1, 0.15) is 5.54 Å². The fourth-order valence-electron chi connectivity index (χ4n) is 4.32. The van der Waals surface area contributed by atoms with Crippen LogP contribution in [0.3, 0.4) is 0 Å². The number of carboxylic acids is 1. The maximum absolute atomic E-state index is 11.6. The van der Waals surface area contributed by atoms with Crippen LogP contribution in [-0.2, 0) is 4.79 Å². The van der Waals surface area contributed by atoms with Crippen LogP contribution in [-0.4, -0.2) is 46.7 Å². The van der Waals surface area contributed by atoms with Crippen molar-refractivity contribution in [3.63, 3.8) is 0 Å². The normalized spacial score (nSPS) is 31.6. The van der Waals surface area contributed by atoms with Gasteiger partial charge < -0.3 is 10.4 Å². The molecule has 4 heteroatoms. The smallest absolute Gasteiger partial charge is 0.323 e. The monoisotopic (exact) mass is 282 g/mol. The minimum absolute atomic E-state index is 0.336. The van der Waals surface area contributed by atoms with Crippen molar-refractivity contribution in [2.75, 3.05) is 13.1 Å². The van der Waals surface area contributed by atoms with Gasteiger partial charge in [0.25, 0.3) is 0 Å². The maximum atomic E-state index is 11.6. The highest BCUT2D eigenvalue weighted by atomic mass is 16.4. The van der Waals surface area contributed by atoms with Crippen LogP contribution in [0.5, 0.6) is 0 Å². The van der Waals surface area contributed by atoms with Crippen LogP contribution in [0.4, 0.5) is 0 Å². The van der Waals surface area contributed by atoms with Crippen LogP contribution in [0.25, 0.3) is 0 Å². The van der Waals surface area contributed by atoms with E-state index in [0.717, 1.165) is 12.5 Å². The second-order valence-corrected chi connectivity index (χ2v) is 6.86. The van der Waals surface area contributed by atoms with E-state index in [9.17, 15) is 9.90 Å². The molecule has 4 atom stereocenters. The molecule has 0 bridgehead atoms. The molecule has 1 heterocycles. The van der Waals surface area contributed by atoms with Gasteiger partial charge in [0.05, 0.1) is 0 Å². The molecule has 0 aromatic carbocycles. The second kappa shape index (κ2) is 6.44. The van der Waals surface area contributed by atoms with E-state index in [4.69, 9.17) is 0 Å². The summed E-state index contributed by atoms with van der Waals surface area (Å²) in [6.45, 7) is 7.85. The van der Waals surface area contributed by atoms with Crippen LogP contribution in [0.15, 0.2) is 0 Å². The Morgan fingerprint density at radius 1 is 1.40 bits per heavy atom. The Morgan fingerprint density at radius 2 is 2.10 bits per heavy atom. The predicted octanol–water partition coefficient (Wildman–Crippen LogP) is 2.48. The fraction of sp³-hybridized carbons (Fsp3) is 0.938. The zero-order valence-electron chi connectivity index (χ0n) is 13.2. The van der Waals surface area contributed by atoms with Crippen molar-refractivity contribution in [2.24, 2.45) is 5.92 Å². The Balaban J connectivity index is 2.00. The van der Waals surface area contributed by atoms with Crippen molar-refractivity contribution < 1.29 is 9.90 Å². The van der Waals surface area contributed by atoms with E-state index < -0.39 is 11.5 Å². The Morgan fingerprint density at radius 3 is 2.75 bits per heavy atom. The van der Waals surface area contributed by atoms with Crippen LogP contribution in [0.1, 0.15) is 59.3 Å². The summed E-state index contributed by atoms with van der Waals surface area (Å²) in [7, 11) is 0. The molecule has 0 aromatic rings. The van der Waals surface area contributed by atoms with Crippen LogP contribution >= 0.6 is 0 Å². The van der Waals surface area contributed by atoms with Crippen molar-refractivity contribution in [1.82, 2.24) is 10.2 Å². The van der Waals surface area contributed by atoms with Gasteiger partial charge in [0, 0.05) is 12.1 Å². The van der Waals surface area contributed by atoms with Gasteiger partial charge >= 0.3 is 5.97 Å². The van der Waals surface area contributed by atoms with Gasteiger partial charge in [-0.3, -0.25) is 9.69 Å². The first-order valence-corrected chi connectivity index (χ1v) is 8.22. The van der Waals surface area contributed by atoms with Gasteiger partial charge in [0.2, 0.25) is 0 Å². The summed E-state index contributed by atoms with van der Waals surface area (Å²) >= 11 is 0. The number of hydrogen-bond donors (Lipinski definition) is 2. The summed E-state index contributed by atoms with van der Waals surface area (Å²) < 4.78 is 0. The highest BCUT2D eigenvalue weighted by Crippen LogP contribution is 2.38. The molecule has 4 unspecified atom stereocenters. The first kappa shape index (κ1) is 15.8. The molecular formula is C16H30N2O2. The summed E-state index contributed by atoms with van der Waals surface area (Å²) in [5.74, 6) is 0.131. The Labute approximate surface area is 122 Å². The lowest BCUT2D eigenvalue weighted by Gasteiger charge is -2.38. The first-order valence-electron chi connectivity index (χ1n) is 8.22. The highest BCUT2D eigenvalue weighted by molar-refractivity contribution is 5.78. The van der Waals surface area contributed by atoms with Crippen molar-refractivity contribution in [3.8, 4) is 0 Å². The third kappa shape index (κ3) is 3.17. The third-order valence-electron chi connectivity index (χ3n) is 5.36. The van der Waals surface area contributed by atoms with E-state index >= 15 is 0 Å². The molecule has 1 saturated heterocycles. The number of nitrogens with one attached hydrogen (secondary N) is 1. The molecule has 1 aliphatic carbocycles. The average Bonchev–Trinajstić information content (AvgIpc) is 2.82. The Bertz CT molecular complexity index is 347. The van der Waals surface area contributed by atoms with Crippen molar-refractivity contribution in [3.05, 3.63) is 0 Å². The Kier molecular flexibility index (Phi) is 5.08. The maximum Gasteiger partial charge on any atom is 0.323 e. The molecule has 20 heavy (non-hydrogen) atoms. The zero-order chi connectivity index (χ0) is 14.8. The molecular weight excluding hydrogens is 252 g/mol. The zero-order valence-corrected chi connectivity index (χ0v) is 13.2. The van der Waals surface area contributed by atoms with Crippen molar-refractivity contribution in [2.45, 2.75) is 76.9 Å². The minimum Gasteiger partial charge on any atom is -0.480 e. The molecule has 2 fully saturated rings. The number of likely N-dealkylation sites (N-methyl/N-ethyl adjacent to an activating group) is 1. The predicted molar refractivity (Wildman–Crippen MR) is 80.9 cm³/mol. The van der Waals surface area contributed by atoms with Crippen molar-refractivity contribution >= 4 is 5.97 Å². The number of aliphatic carboxylic acids is 1. The lowest BCUT2D eigenvalue weighted by Crippen LogP contribution is -2.54. The van der Waals surface area contributed by atoms with E-state index in [-0.39, 0.29) is 0 Å². The number of rotatable bonds is 6. The summed E-state index contributed by atoms with van der Waals surface area (Å²) in [5, 5.41) is 12.7.